The molecule has 5 heteroatoms. The highest BCUT2D eigenvalue weighted by Gasteiger charge is 2.27. The molecule has 2 aliphatic rings. The Morgan fingerprint density at radius 1 is 1.04 bits per heavy atom. The van der Waals surface area contributed by atoms with Gasteiger partial charge in [-0.2, -0.15) is 5.10 Å². The number of rotatable bonds is 4. The Bertz CT molecular complexity index is 784. The van der Waals surface area contributed by atoms with Crippen molar-refractivity contribution in [3.63, 3.8) is 0 Å². The summed E-state index contributed by atoms with van der Waals surface area (Å²) < 4.78 is 2.03. The lowest BCUT2D eigenvalue weighted by atomic mass is 10.0. The molecule has 1 aliphatic carbocycles. The molecule has 144 valence electrons. The van der Waals surface area contributed by atoms with Crippen LogP contribution in [-0.2, 0) is 4.79 Å². The molecule has 0 unspecified atom stereocenters. The molecule has 0 atom stereocenters. The van der Waals surface area contributed by atoms with Gasteiger partial charge in [0, 0.05) is 32.6 Å². The molecule has 0 spiro atoms. The van der Waals surface area contributed by atoms with Gasteiger partial charge in [-0.25, -0.2) is 4.68 Å². The van der Waals surface area contributed by atoms with Gasteiger partial charge in [0.2, 0.25) is 5.91 Å². The summed E-state index contributed by atoms with van der Waals surface area (Å²) in [4.78, 5) is 17.1. The van der Waals surface area contributed by atoms with Gasteiger partial charge in [0.15, 0.2) is 0 Å². The minimum atomic E-state index is 0.356. The predicted octanol–water partition coefficient (Wildman–Crippen LogP) is 3.72. The summed E-state index contributed by atoms with van der Waals surface area (Å²) in [6.07, 6.45) is 5.83. The predicted molar refractivity (Wildman–Crippen MR) is 108 cm³/mol. The van der Waals surface area contributed by atoms with Crippen LogP contribution in [0.2, 0.25) is 0 Å². The van der Waals surface area contributed by atoms with Crippen molar-refractivity contribution in [2.24, 2.45) is 5.92 Å². The number of hydrogen-bond donors (Lipinski definition) is 0. The quantitative estimate of drug-likeness (QED) is 0.828. The normalized spacial score (nSPS) is 18.3. The van der Waals surface area contributed by atoms with Gasteiger partial charge in [0.1, 0.15) is 0 Å². The SMILES string of the molecule is Cc1nn(-c2ccccc2)c(C)c1N1CCN(C(=O)CC2CCCC2)CC1. The Morgan fingerprint density at radius 2 is 1.70 bits per heavy atom. The average Bonchev–Trinajstić information content (AvgIpc) is 3.30. The van der Waals surface area contributed by atoms with Crippen LogP contribution in [0.4, 0.5) is 5.69 Å². The zero-order chi connectivity index (χ0) is 18.8. The van der Waals surface area contributed by atoms with Crippen molar-refractivity contribution >= 4 is 11.6 Å². The molecule has 1 aromatic heterocycles. The number of piperazine rings is 1. The fourth-order valence-electron chi connectivity index (χ4n) is 4.68. The van der Waals surface area contributed by atoms with Gasteiger partial charge in [-0.05, 0) is 44.7 Å². The maximum atomic E-state index is 12.6. The first-order chi connectivity index (χ1) is 13.1. The third kappa shape index (κ3) is 3.73. The van der Waals surface area contributed by atoms with Crippen molar-refractivity contribution in [2.75, 3.05) is 31.1 Å². The summed E-state index contributed by atoms with van der Waals surface area (Å²) in [6.45, 7) is 7.64. The van der Waals surface area contributed by atoms with Gasteiger partial charge >= 0.3 is 0 Å². The summed E-state index contributed by atoms with van der Waals surface area (Å²) in [7, 11) is 0. The van der Waals surface area contributed by atoms with E-state index in [-0.39, 0.29) is 0 Å². The van der Waals surface area contributed by atoms with E-state index in [0.29, 0.717) is 11.8 Å². The second-order valence-electron chi connectivity index (χ2n) is 7.99. The second kappa shape index (κ2) is 7.75. The number of aryl methyl sites for hydroxylation is 1. The van der Waals surface area contributed by atoms with Crippen LogP contribution in [0.3, 0.4) is 0 Å². The van der Waals surface area contributed by atoms with Crippen molar-refractivity contribution in [3.05, 3.63) is 41.7 Å². The molecular formula is C22H30N4O. The number of amides is 1. The first-order valence-corrected chi connectivity index (χ1v) is 10.3. The number of anilines is 1. The third-order valence-corrected chi connectivity index (χ3v) is 6.14. The Balaban J connectivity index is 1.42. The zero-order valence-corrected chi connectivity index (χ0v) is 16.5. The fourth-order valence-corrected chi connectivity index (χ4v) is 4.68. The molecule has 5 nitrogen and oxygen atoms in total. The first-order valence-electron chi connectivity index (χ1n) is 10.3. The monoisotopic (exact) mass is 366 g/mol. The second-order valence-corrected chi connectivity index (χ2v) is 7.99. The summed E-state index contributed by atoms with van der Waals surface area (Å²) in [5.74, 6) is 0.985. The number of carbonyl (C=O) groups is 1. The van der Waals surface area contributed by atoms with Gasteiger partial charge in [-0.1, -0.05) is 31.0 Å². The maximum absolute atomic E-state index is 12.6. The van der Waals surface area contributed by atoms with E-state index in [2.05, 4.69) is 35.8 Å². The van der Waals surface area contributed by atoms with Crippen LogP contribution in [0, 0.1) is 19.8 Å². The molecule has 2 aromatic rings. The van der Waals surface area contributed by atoms with Gasteiger partial charge in [0.25, 0.3) is 0 Å². The van der Waals surface area contributed by atoms with E-state index in [1.165, 1.54) is 37.1 Å². The van der Waals surface area contributed by atoms with Crippen LogP contribution in [0.5, 0.6) is 0 Å². The van der Waals surface area contributed by atoms with Crippen molar-refractivity contribution in [3.8, 4) is 5.69 Å². The van der Waals surface area contributed by atoms with Gasteiger partial charge in [-0.15, -0.1) is 0 Å². The summed E-state index contributed by atoms with van der Waals surface area (Å²) >= 11 is 0. The molecule has 27 heavy (non-hydrogen) atoms. The van der Waals surface area contributed by atoms with Crippen molar-refractivity contribution in [2.45, 2.75) is 46.0 Å². The van der Waals surface area contributed by atoms with E-state index >= 15 is 0 Å². The number of nitrogens with zero attached hydrogens (tertiary/aromatic N) is 4. The van der Waals surface area contributed by atoms with Crippen LogP contribution >= 0.6 is 0 Å². The standard InChI is InChI=1S/C22H30N4O/c1-17-22(18(2)26(23-17)20-10-4-3-5-11-20)25-14-12-24(13-15-25)21(27)16-19-8-6-7-9-19/h3-5,10-11,19H,6-9,12-16H2,1-2H3. The zero-order valence-electron chi connectivity index (χ0n) is 16.5. The molecular weight excluding hydrogens is 336 g/mol. The lowest BCUT2D eigenvalue weighted by Crippen LogP contribution is -2.49. The minimum absolute atomic E-state index is 0.356. The van der Waals surface area contributed by atoms with E-state index in [9.17, 15) is 4.79 Å². The largest absolute Gasteiger partial charge is 0.365 e. The summed E-state index contributed by atoms with van der Waals surface area (Å²) in [5, 5.41) is 4.77. The molecule has 1 saturated carbocycles. The summed E-state index contributed by atoms with van der Waals surface area (Å²) in [5.41, 5.74) is 4.54. The van der Waals surface area contributed by atoms with Crippen LogP contribution in [0.25, 0.3) is 5.69 Å². The minimum Gasteiger partial charge on any atom is -0.365 e. The molecule has 2 heterocycles. The third-order valence-electron chi connectivity index (χ3n) is 6.14. The lowest BCUT2D eigenvalue weighted by Gasteiger charge is -2.36. The van der Waals surface area contributed by atoms with Gasteiger partial charge < -0.3 is 9.80 Å². The average molecular weight is 367 g/mol. The van der Waals surface area contributed by atoms with Gasteiger partial charge in [0.05, 0.1) is 22.8 Å². The molecule has 2 fully saturated rings. The molecule has 1 aliphatic heterocycles. The van der Waals surface area contributed by atoms with Crippen LogP contribution in [0.15, 0.2) is 30.3 Å². The highest BCUT2D eigenvalue weighted by atomic mass is 16.2. The molecule has 0 bridgehead atoms. The van der Waals surface area contributed by atoms with E-state index in [4.69, 9.17) is 5.10 Å². The number of carbonyl (C=O) groups excluding carboxylic acids is 1. The number of hydrogen-bond acceptors (Lipinski definition) is 3. The molecule has 4 rings (SSSR count). The maximum Gasteiger partial charge on any atom is 0.222 e. The van der Waals surface area contributed by atoms with E-state index < -0.39 is 0 Å². The fraction of sp³-hybridized carbons (Fsp3) is 0.545. The van der Waals surface area contributed by atoms with E-state index in [1.54, 1.807) is 0 Å². The lowest BCUT2D eigenvalue weighted by molar-refractivity contribution is -0.132. The Morgan fingerprint density at radius 3 is 2.37 bits per heavy atom. The molecule has 1 aromatic carbocycles. The van der Waals surface area contributed by atoms with Gasteiger partial charge in [-0.3, -0.25) is 4.79 Å². The van der Waals surface area contributed by atoms with Crippen molar-refractivity contribution in [1.29, 1.82) is 0 Å². The summed E-state index contributed by atoms with van der Waals surface area (Å²) in [6, 6.07) is 10.3. The van der Waals surface area contributed by atoms with Crippen molar-refractivity contribution < 1.29 is 4.79 Å². The van der Waals surface area contributed by atoms with Crippen LogP contribution in [0.1, 0.15) is 43.5 Å². The number of benzene rings is 1. The highest BCUT2D eigenvalue weighted by molar-refractivity contribution is 5.77. The number of aromatic nitrogens is 2. The smallest absolute Gasteiger partial charge is 0.222 e. The molecule has 1 amide bonds. The molecule has 0 N–H and O–H groups in total. The Labute approximate surface area is 162 Å². The van der Waals surface area contributed by atoms with Crippen molar-refractivity contribution in [1.82, 2.24) is 14.7 Å². The topological polar surface area (TPSA) is 41.4 Å². The number of para-hydroxylation sites is 1. The van der Waals surface area contributed by atoms with E-state index in [1.807, 2.05) is 22.9 Å². The Kier molecular flexibility index (Phi) is 5.19. The molecule has 0 radical (unpaired) electrons. The molecule has 1 saturated heterocycles. The highest BCUT2D eigenvalue weighted by Crippen LogP contribution is 2.30. The Hall–Kier alpha value is -2.30. The van der Waals surface area contributed by atoms with E-state index in [0.717, 1.165) is 44.0 Å². The van der Waals surface area contributed by atoms with Crippen LogP contribution in [-0.4, -0.2) is 46.8 Å². The first kappa shape index (κ1) is 18.1. The van der Waals surface area contributed by atoms with Crippen LogP contribution < -0.4 is 4.90 Å².